The predicted octanol–water partition coefficient (Wildman–Crippen LogP) is 1.47. The molecule has 2 aliphatic rings. The standard InChI is InChI=1S/C19H24FN3O3/c20-15-1-3-16(4-2-15)26-18-10-14-12-22(11-13(14)9-17(18)24)7-8-23-6-5-21-19(23)25/h1-6,13-14,17-18,24H,7-12H2,(H,21,25)/t13-,14+,17+,18+/m0/s1. The van der Waals surface area contributed by atoms with E-state index in [0.29, 0.717) is 24.1 Å². The van der Waals surface area contributed by atoms with Crippen molar-refractivity contribution in [1.29, 1.82) is 0 Å². The van der Waals surface area contributed by atoms with E-state index in [0.717, 1.165) is 32.5 Å². The lowest BCUT2D eigenvalue weighted by Crippen LogP contribution is -2.42. The van der Waals surface area contributed by atoms with Gasteiger partial charge in [0.05, 0.1) is 6.10 Å². The van der Waals surface area contributed by atoms with E-state index in [1.54, 1.807) is 29.1 Å². The number of ether oxygens (including phenoxy) is 1. The molecule has 2 N–H and O–H groups in total. The number of nitrogens with zero attached hydrogens (tertiary/aromatic N) is 2. The van der Waals surface area contributed by atoms with Crippen LogP contribution in [-0.4, -0.2) is 51.4 Å². The number of imidazole rings is 1. The molecule has 1 saturated carbocycles. The fourth-order valence-electron chi connectivity index (χ4n) is 4.26. The predicted molar refractivity (Wildman–Crippen MR) is 94.5 cm³/mol. The number of benzene rings is 1. The van der Waals surface area contributed by atoms with Crippen LogP contribution in [0.3, 0.4) is 0 Å². The number of aliphatic hydroxyl groups is 1. The van der Waals surface area contributed by atoms with E-state index in [4.69, 9.17) is 4.74 Å². The van der Waals surface area contributed by atoms with Crippen LogP contribution in [0.15, 0.2) is 41.5 Å². The van der Waals surface area contributed by atoms with Crippen molar-refractivity contribution in [2.45, 2.75) is 31.6 Å². The fraction of sp³-hybridized carbons (Fsp3) is 0.526. The minimum absolute atomic E-state index is 0.0789. The molecule has 4 rings (SSSR count). The average molecular weight is 361 g/mol. The van der Waals surface area contributed by atoms with E-state index in [1.165, 1.54) is 12.1 Å². The van der Waals surface area contributed by atoms with E-state index in [-0.39, 0.29) is 17.6 Å². The van der Waals surface area contributed by atoms with E-state index in [1.807, 2.05) is 0 Å². The van der Waals surface area contributed by atoms with Gasteiger partial charge in [-0.25, -0.2) is 9.18 Å². The average Bonchev–Trinajstić information content (AvgIpc) is 3.20. The van der Waals surface area contributed by atoms with Gasteiger partial charge in [0.1, 0.15) is 17.7 Å². The van der Waals surface area contributed by atoms with Crippen molar-refractivity contribution in [3.63, 3.8) is 0 Å². The number of aromatic amines is 1. The molecule has 2 aromatic rings. The van der Waals surface area contributed by atoms with Gasteiger partial charge in [-0.2, -0.15) is 0 Å². The monoisotopic (exact) mass is 361 g/mol. The molecule has 1 aromatic carbocycles. The number of halogens is 1. The number of aromatic nitrogens is 2. The van der Waals surface area contributed by atoms with Crippen molar-refractivity contribution in [2.75, 3.05) is 19.6 Å². The Hall–Kier alpha value is -2.12. The van der Waals surface area contributed by atoms with Crippen LogP contribution in [0.5, 0.6) is 5.75 Å². The van der Waals surface area contributed by atoms with Gasteiger partial charge in [-0.05, 0) is 48.9 Å². The Balaban J connectivity index is 1.33. The lowest BCUT2D eigenvalue weighted by molar-refractivity contribution is -0.0231. The third-order valence-electron chi connectivity index (χ3n) is 5.64. The summed E-state index contributed by atoms with van der Waals surface area (Å²) in [5, 5.41) is 10.5. The topological polar surface area (TPSA) is 70.5 Å². The molecular weight excluding hydrogens is 337 g/mol. The van der Waals surface area contributed by atoms with Crippen molar-refractivity contribution >= 4 is 0 Å². The highest BCUT2D eigenvalue weighted by molar-refractivity contribution is 5.22. The third kappa shape index (κ3) is 3.68. The maximum absolute atomic E-state index is 13.0. The van der Waals surface area contributed by atoms with Crippen LogP contribution < -0.4 is 10.4 Å². The number of fused-ring (bicyclic) bond motifs is 1. The molecule has 0 amide bonds. The second-order valence-electron chi connectivity index (χ2n) is 7.39. The molecule has 2 fully saturated rings. The summed E-state index contributed by atoms with van der Waals surface area (Å²) in [4.78, 5) is 16.6. The first-order chi connectivity index (χ1) is 12.6. The van der Waals surface area contributed by atoms with Crippen molar-refractivity contribution in [2.24, 2.45) is 11.8 Å². The van der Waals surface area contributed by atoms with Gasteiger partial charge < -0.3 is 19.7 Å². The van der Waals surface area contributed by atoms with Gasteiger partial charge in [-0.15, -0.1) is 0 Å². The number of nitrogens with one attached hydrogen (secondary N) is 1. The summed E-state index contributed by atoms with van der Waals surface area (Å²) < 4.78 is 20.6. The van der Waals surface area contributed by atoms with Crippen LogP contribution >= 0.6 is 0 Å². The molecule has 0 unspecified atom stereocenters. The highest BCUT2D eigenvalue weighted by Gasteiger charge is 2.42. The number of aliphatic hydroxyl groups excluding tert-OH is 1. The molecule has 140 valence electrons. The SMILES string of the molecule is O=c1[nH]ccn1CCN1C[C@H]2C[C@@H](Oc3ccc(F)cc3)[C@H](O)C[C@H]2C1. The first kappa shape index (κ1) is 17.3. The van der Waals surface area contributed by atoms with Gasteiger partial charge in [0.15, 0.2) is 0 Å². The van der Waals surface area contributed by atoms with Crippen LogP contribution in [0.1, 0.15) is 12.8 Å². The zero-order valence-corrected chi connectivity index (χ0v) is 14.6. The zero-order chi connectivity index (χ0) is 18.1. The first-order valence-corrected chi connectivity index (χ1v) is 9.15. The van der Waals surface area contributed by atoms with Crippen molar-refractivity contribution in [3.8, 4) is 5.75 Å². The summed E-state index contributed by atoms with van der Waals surface area (Å²) >= 11 is 0. The largest absolute Gasteiger partial charge is 0.488 e. The molecule has 4 atom stereocenters. The Morgan fingerprint density at radius 1 is 1.15 bits per heavy atom. The molecule has 1 aliphatic carbocycles. The van der Waals surface area contributed by atoms with Crippen LogP contribution in [-0.2, 0) is 6.54 Å². The maximum atomic E-state index is 13.0. The number of hydrogen-bond donors (Lipinski definition) is 2. The van der Waals surface area contributed by atoms with Crippen molar-refractivity contribution in [3.05, 3.63) is 53.0 Å². The zero-order valence-electron chi connectivity index (χ0n) is 14.6. The van der Waals surface area contributed by atoms with Crippen LogP contribution in [0, 0.1) is 17.7 Å². The Kier molecular flexibility index (Phi) is 4.82. The highest BCUT2D eigenvalue weighted by Crippen LogP contribution is 2.37. The molecule has 0 spiro atoms. The summed E-state index contributed by atoms with van der Waals surface area (Å²) in [6.45, 7) is 3.40. The molecule has 1 aromatic heterocycles. The Labute approximate surface area is 151 Å². The summed E-state index contributed by atoms with van der Waals surface area (Å²) in [6, 6.07) is 5.94. The Bertz CT molecular complexity index is 788. The van der Waals surface area contributed by atoms with Crippen LogP contribution in [0.25, 0.3) is 0 Å². The van der Waals surface area contributed by atoms with E-state index in [9.17, 15) is 14.3 Å². The van der Waals surface area contributed by atoms with E-state index in [2.05, 4.69) is 9.88 Å². The summed E-state index contributed by atoms with van der Waals surface area (Å²) in [5.41, 5.74) is -0.0789. The first-order valence-electron chi connectivity index (χ1n) is 9.15. The molecule has 2 heterocycles. The molecule has 1 saturated heterocycles. The number of hydrogen-bond acceptors (Lipinski definition) is 4. The molecule has 6 nitrogen and oxygen atoms in total. The van der Waals surface area contributed by atoms with Gasteiger partial charge in [-0.1, -0.05) is 0 Å². The van der Waals surface area contributed by atoms with E-state index >= 15 is 0 Å². The molecule has 0 bridgehead atoms. The van der Waals surface area contributed by atoms with Crippen molar-refractivity contribution in [1.82, 2.24) is 14.5 Å². The van der Waals surface area contributed by atoms with Gasteiger partial charge in [-0.3, -0.25) is 4.57 Å². The second-order valence-corrected chi connectivity index (χ2v) is 7.39. The third-order valence-corrected chi connectivity index (χ3v) is 5.64. The van der Waals surface area contributed by atoms with Crippen LogP contribution in [0.2, 0.25) is 0 Å². The maximum Gasteiger partial charge on any atom is 0.325 e. The quantitative estimate of drug-likeness (QED) is 0.846. The molecule has 1 aliphatic heterocycles. The Morgan fingerprint density at radius 3 is 2.58 bits per heavy atom. The molecule has 0 radical (unpaired) electrons. The minimum atomic E-state index is -0.506. The summed E-state index contributed by atoms with van der Waals surface area (Å²) in [7, 11) is 0. The number of likely N-dealkylation sites (tertiary alicyclic amines) is 1. The summed E-state index contributed by atoms with van der Waals surface area (Å²) in [5.74, 6) is 1.23. The minimum Gasteiger partial charge on any atom is -0.488 e. The fourth-order valence-corrected chi connectivity index (χ4v) is 4.26. The second kappa shape index (κ2) is 7.25. The van der Waals surface area contributed by atoms with Gasteiger partial charge in [0.2, 0.25) is 0 Å². The normalized spacial score (nSPS) is 28.8. The van der Waals surface area contributed by atoms with Gasteiger partial charge in [0.25, 0.3) is 0 Å². The smallest absolute Gasteiger partial charge is 0.325 e. The molecule has 26 heavy (non-hydrogen) atoms. The number of rotatable bonds is 5. The van der Waals surface area contributed by atoms with E-state index < -0.39 is 6.10 Å². The lowest BCUT2D eigenvalue weighted by atomic mass is 9.78. The van der Waals surface area contributed by atoms with Crippen molar-refractivity contribution < 1.29 is 14.2 Å². The van der Waals surface area contributed by atoms with Crippen LogP contribution in [0.4, 0.5) is 4.39 Å². The number of H-pyrrole nitrogens is 1. The highest BCUT2D eigenvalue weighted by atomic mass is 19.1. The molecular formula is C19H24FN3O3. The van der Waals surface area contributed by atoms with Gasteiger partial charge >= 0.3 is 5.69 Å². The molecule has 7 heteroatoms. The summed E-state index contributed by atoms with van der Waals surface area (Å²) in [6.07, 6.45) is 4.17. The Morgan fingerprint density at radius 2 is 1.88 bits per heavy atom. The van der Waals surface area contributed by atoms with Gasteiger partial charge in [0, 0.05) is 38.6 Å². The lowest BCUT2D eigenvalue weighted by Gasteiger charge is -2.35.